The van der Waals surface area contributed by atoms with E-state index >= 15 is 0 Å². The monoisotopic (exact) mass is 188 g/mol. The summed E-state index contributed by atoms with van der Waals surface area (Å²) < 4.78 is 0. The topological polar surface area (TPSA) is 86.2 Å². The molecule has 1 aliphatic rings. The second-order valence-electron chi connectivity index (χ2n) is 2.91. The van der Waals surface area contributed by atoms with Crippen LogP contribution in [0.1, 0.15) is 12.8 Å². The van der Waals surface area contributed by atoms with Gasteiger partial charge in [-0.3, -0.25) is 9.59 Å². The highest BCUT2D eigenvalue weighted by atomic mass is 32.2. The first kappa shape index (κ1) is 9.38. The van der Waals surface area contributed by atoms with Gasteiger partial charge in [0, 0.05) is 6.42 Å². The third-order valence-corrected chi connectivity index (χ3v) is 3.41. The van der Waals surface area contributed by atoms with Gasteiger partial charge in [0.05, 0.1) is 5.25 Å². The van der Waals surface area contributed by atoms with E-state index in [1.807, 2.05) is 0 Å². The quantitative estimate of drug-likeness (QED) is 0.624. The molecule has 2 amide bonds. The standard InChI is InChI=1S/C7H12N2O2S/c8-5(10)3-4-1-2-12-6(4)7(9)11/h4,6H,1-3H2,(H2,8,10)(H2,9,11). The predicted molar refractivity (Wildman–Crippen MR) is 47.4 cm³/mol. The van der Waals surface area contributed by atoms with Crippen molar-refractivity contribution in [1.82, 2.24) is 0 Å². The van der Waals surface area contributed by atoms with Gasteiger partial charge in [-0.05, 0) is 18.1 Å². The van der Waals surface area contributed by atoms with Crippen molar-refractivity contribution in [1.29, 1.82) is 0 Å². The van der Waals surface area contributed by atoms with Gasteiger partial charge in [0.15, 0.2) is 0 Å². The Bertz CT molecular complexity index is 208. The molecule has 0 radical (unpaired) electrons. The van der Waals surface area contributed by atoms with Crippen LogP contribution in [-0.4, -0.2) is 22.8 Å². The number of carbonyl (C=O) groups is 2. The Balaban J connectivity index is 2.52. The lowest BCUT2D eigenvalue weighted by Gasteiger charge is -2.12. The molecule has 2 atom stereocenters. The molecule has 68 valence electrons. The molecule has 1 aliphatic heterocycles. The van der Waals surface area contributed by atoms with E-state index in [2.05, 4.69) is 0 Å². The second kappa shape index (κ2) is 3.80. The van der Waals surface area contributed by atoms with Crippen LogP contribution in [0, 0.1) is 5.92 Å². The molecule has 1 fully saturated rings. The molecule has 2 unspecified atom stereocenters. The summed E-state index contributed by atoms with van der Waals surface area (Å²) in [4.78, 5) is 21.4. The van der Waals surface area contributed by atoms with Crippen LogP contribution in [0.25, 0.3) is 0 Å². The van der Waals surface area contributed by atoms with Crippen LogP contribution in [-0.2, 0) is 9.59 Å². The molecule has 1 saturated heterocycles. The number of hydrogen-bond donors (Lipinski definition) is 2. The van der Waals surface area contributed by atoms with Crippen molar-refractivity contribution in [2.24, 2.45) is 17.4 Å². The maximum absolute atomic E-state index is 10.8. The summed E-state index contributed by atoms with van der Waals surface area (Å²) in [5, 5.41) is -0.211. The van der Waals surface area contributed by atoms with Gasteiger partial charge in [-0.2, -0.15) is 0 Å². The first-order valence-electron chi connectivity index (χ1n) is 3.80. The first-order valence-corrected chi connectivity index (χ1v) is 4.85. The van der Waals surface area contributed by atoms with Gasteiger partial charge in [0.1, 0.15) is 0 Å². The average molecular weight is 188 g/mol. The van der Waals surface area contributed by atoms with E-state index in [1.54, 1.807) is 0 Å². The fourth-order valence-corrected chi connectivity index (χ4v) is 2.78. The lowest BCUT2D eigenvalue weighted by atomic mass is 9.98. The Morgan fingerprint density at radius 3 is 2.58 bits per heavy atom. The van der Waals surface area contributed by atoms with Crippen molar-refractivity contribution < 1.29 is 9.59 Å². The van der Waals surface area contributed by atoms with E-state index in [0.717, 1.165) is 12.2 Å². The molecular weight excluding hydrogens is 176 g/mol. The number of amides is 2. The van der Waals surface area contributed by atoms with Crippen LogP contribution in [0.5, 0.6) is 0 Å². The lowest BCUT2D eigenvalue weighted by molar-refractivity contribution is -0.120. The zero-order valence-electron chi connectivity index (χ0n) is 6.66. The van der Waals surface area contributed by atoms with Crippen LogP contribution >= 0.6 is 11.8 Å². The van der Waals surface area contributed by atoms with Gasteiger partial charge in [0.2, 0.25) is 11.8 Å². The molecule has 0 aromatic carbocycles. The van der Waals surface area contributed by atoms with Crippen molar-refractivity contribution in [3.63, 3.8) is 0 Å². The van der Waals surface area contributed by atoms with Gasteiger partial charge in [0.25, 0.3) is 0 Å². The minimum Gasteiger partial charge on any atom is -0.370 e. The highest BCUT2D eigenvalue weighted by Gasteiger charge is 2.32. The Morgan fingerprint density at radius 2 is 2.08 bits per heavy atom. The van der Waals surface area contributed by atoms with Crippen LogP contribution in [0.4, 0.5) is 0 Å². The summed E-state index contributed by atoms with van der Waals surface area (Å²) in [6.07, 6.45) is 1.14. The molecule has 0 aliphatic carbocycles. The summed E-state index contributed by atoms with van der Waals surface area (Å²) in [5.74, 6) is 0.272. The fourth-order valence-electron chi connectivity index (χ4n) is 1.42. The highest BCUT2D eigenvalue weighted by molar-refractivity contribution is 8.00. The van der Waals surface area contributed by atoms with E-state index in [1.165, 1.54) is 11.8 Å². The molecule has 0 aromatic heterocycles. The first-order chi connectivity index (χ1) is 5.61. The van der Waals surface area contributed by atoms with Crippen LogP contribution in [0.15, 0.2) is 0 Å². The number of thioether (sulfide) groups is 1. The Morgan fingerprint density at radius 1 is 1.42 bits per heavy atom. The third-order valence-electron chi connectivity index (χ3n) is 1.96. The van der Waals surface area contributed by atoms with Crippen LogP contribution < -0.4 is 11.5 Å². The van der Waals surface area contributed by atoms with E-state index < -0.39 is 0 Å². The summed E-state index contributed by atoms with van der Waals surface area (Å²) in [5.41, 5.74) is 10.2. The lowest BCUT2D eigenvalue weighted by Crippen LogP contribution is -2.31. The second-order valence-corrected chi connectivity index (χ2v) is 4.16. The van der Waals surface area contributed by atoms with Gasteiger partial charge < -0.3 is 11.5 Å². The molecule has 0 spiro atoms. The molecule has 1 rings (SSSR count). The van der Waals surface area contributed by atoms with Gasteiger partial charge >= 0.3 is 0 Å². The summed E-state index contributed by atoms with van der Waals surface area (Å²) in [6, 6.07) is 0. The van der Waals surface area contributed by atoms with Gasteiger partial charge in [-0.15, -0.1) is 11.8 Å². The molecule has 4 N–H and O–H groups in total. The molecule has 1 heterocycles. The summed E-state index contributed by atoms with van der Waals surface area (Å²) >= 11 is 1.52. The average Bonchev–Trinajstić information content (AvgIpc) is 2.33. The number of primary amides is 2. The molecule has 0 bridgehead atoms. The normalized spacial score (nSPS) is 28.7. The molecule has 5 heteroatoms. The zero-order valence-corrected chi connectivity index (χ0v) is 7.47. The Kier molecular flexibility index (Phi) is 2.97. The largest absolute Gasteiger partial charge is 0.370 e. The molecule has 0 aromatic rings. The number of nitrogens with two attached hydrogens (primary N) is 2. The maximum Gasteiger partial charge on any atom is 0.230 e. The summed E-state index contributed by atoms with van der Waals surface area (Å²) in [6.45, 7) is 0. The fraction of sp³-hybridized carbons (Fsp3) is 0.714. The zero-order chi connectivity index (χ0) is 9.14. The minimum absolute atomic E-state index is 0.0602. The number of hydrogen-bond acceptors (Lipinski definition) is 3. The molecule has 0 saturated carbocycles. The predicted octanol–water partition coefficient (Wildman–Crippen LogP) is -0.531. The maximum atomic E-state index is 10.8. The molecule has 12 heavy (non-hydrogen) atoms. The Hall–Kier alpha value is -0.710. The summed E-state index contributed by atoms with van der Waals surface area (Å²) in [7, 11) is 0. The number of carbonyl (C=O) groups excluding carboxylic acids is 2. The molecular formula is C7H12N2O2S. The van der Waals surface area contributed by atoms with Gasteiger partial charge in [-0.1, -0.05) is 0 Å². The molecule has 4 nitrogen and oxygen atoms in total. The van der Waals surface area contributed by atoms with Crippen molar-refractivity contribution in [3.8, 4) is 0 Å². The van der Waals surface area contributed by atoms with Crippen molar-refractivity contribution in [3.05, 3.63) is 0 Å². The van der Waals surface area contributed by atoms with Crippen LogP contribution in [0.2, 0.25) is 0 Å². The SMILES string of the molecule is NC(=O)CC1CCSC1C(N)=O. The van der Waals surface area contributed by atoms with E-state index in [-0.39, 0.29) is 29.4 Å². The minimum atomic E-state index is -0.353. The van der Waals surface area contributed by atoms with E-state index in [0.29, 0.717) is 0 Å². The highest BCUT2D eigenvalue weighted by Crippen LogP contribution is 2.33. The van der Waals surface area contributed by atoms with Crippen molar-refractivity contribution in [2.75, 3.05) is 5.75 Å². The van der Waals surface area contributed by atoms with Crippen molar-refractivity contribution >= 4 is 23.6 Å². The number of rotatable bonds is 3. The Labute approximate surface area is 75.0 Å². The van der Waals surface area contributed by atoms with E-state index in [9.17, 15) is 9.59 Å². The van der Waals surface area contributed by atoms with E-state index in [4.69, 9.17) is 11.5 Å². The smallest absolute Gasteiger partial charge is 0.230 e. The van der Waals surface area contributed by atoms with Crippen molar-refractivity contribution in [2.45, 2.75) is 18.1 Å². The van der Waals surface area contributed by atoms with Crippen LogP contribution in [0.3, 0.4) is 0 Å². The van der Waals surface area contributed by atoms with Gasteiger partial charge in [-0.25, -0.2) is 0 Å². The third kappa shape index (κ3) is 2.14.